The molecule has 136 valence electrons. The Labute approximate surface area is 151 Å². The van der Waals surface area contributed by atoms with E-state index in [2.05, 4.69) is 15.8 Å². The summed E-state index contributed by atoms with van der Waals surface area (Å²) in [6.07, 6.45) is -0.0193. The molecule has 1 aromatic carbocycles. The van der Waals surface area contributed by atoms with E-state index >= 15 is 0 Å². The van der Waals surface area contributed by atoms with Crippen molar-refractivity contribution in [1.82, 2.24) is 5.43 Å². The molecular weight excluding hydrogens is 346 g/mol. The Balaban J connectivity index is 2.39. The monoisotopic (exact) mass is 367 g/mol. The minimum absolute atomic E-state index is 0.00263. The minimum atomic E-state index is -0.416. The third kappa shape index (κ3) is 7.80. The molecule has 0 aliphatic carbocycles. The summed E-state index contributed by atoms with van der Waals surface area (Å²) in [6, 6.07) is 5.21. The third-order valence-corrected chi connectivity index (χ3v) is 3.61. The van der Waals surface area contributed by atoms with Crippen molar-refractivity contribution in [3.05, 3.63) is 28.8 Å². The smallest absolute Gasteiger partial charge is 0.311 e. The number of rotatable bonds is 8. The Morgan fingerprint density at radius 3 is 2.56 bits per heavy atom. The number of anilines is 1. The highest BCUT2D eigenvalue weighted by Crippen LogP contribution is 2.23. The molecule has 0 heterocycles. The van der Waals surface area contributed by atoms with Gasteiger partial charge in [-0.3, -0.25) is 14.4 Å². The minimum Gasteiger partial charge on any atom is -0.466 e. The Bertz CT molecular complexity index is 674. The van der Waals surface area contributed by atoms with Crippen LogP contribution in [0, 0.1) is 6.92 Å². The van der Waals surface area contributed by atoms with E-state index < -0.39 is 11.9 Å². The van der Waals surface area contributed by atoms with Crippen LogP contribution in [0.5, 0.6) is 0 Å². The van der Waals surface area contributed by atoms with Crippen LogP contribution in [-0.4, -0.2) is 30.1 Å². The number of nitrogens with one attached hydrogen (secondary N) is 2. The second-order valence-electron chi connectivity index (χ2n) is 5.32. The van der Waals surface area contributed by atoms with Crippen LogP contribution in [0.1, 0.15) is 38.7 Å². The molecule has 1 rings (SSSR count). The lowest BCUT2D eigenvalue weighted by atomic mass is 10.2. The normalized spacial score (nSPS) is 11.0. The highest BCUT2D eigenvalue weighted by atomic mass is 35.5. The van der Waals surface area contributed by atoms with E-state index in [-0.39, 0.29) is 25.2 Å². The zero-order valence-corrected chi connectivity index (χ0v) is 15.3. The van der Waals surface area contributed by atoms with E-state index in [0.29, 0.717) is 23.0 Å². The van der Waals surface area contributed by atoms with Crippen LogP contribution in [0.3, 0.4) is 0 Å². The second kappa shape index (κ2) is 10.5. The lowest BCUT2D eigenvalue weighted by Crippen LogP contribution is -2.22. The predicted octanol–water partition coefficient (Wildman–Crippen LogP) is 2.81. The summed E-state index contributed by atoms with van der Waals surface area (Å²) in [4.78, 5) is 34.9. The Morgan fingerprint density at radius 1 is 1.20 bits per heavy atom. The van der Waals surface area contributed by atoms with E-state index in [1.54, 1.807) is 39.0 Å². The quantitative estimate of drug-likeness (QED) is 0.419. The van der Waals surface area contributed by atoms with Gasteiger partial charge in [-0.2, -0.15) is 5.10 Å². The molecule has 0 unspecified atom stereocenters. The van der Waals surface area contributed by atoms with Crippen LogP contribution in [0.25, 0.3) is 0 Å². The van der Waals surface area contributed by atoms with Crippen LogP contribution in [0.4, 0.5) is 5.69 Å². The summed E-state index contributed by atoms with van der Waals surface area (Å²) >= 11 is 5.99. The van der Waals surface area contributed by atoms with Gasteiger partial charge in [0.1, 0.15) is 0 Å². The molecule has 0 bridgehead atoms. The summed E-state index contributed by atoms with van der Waals surface area (Å²) in [7, 11) is 0. The molecule has 0 radical (unpaired) electrons. The van der Waals surface area contributed by atoms with Gasteiger partial charge >= 0.3 is 5.97 Å². The predicted molar refractivity (Wildman–Crippen MR) is 96.6 cm³/mol. The fourth-order valence-corrected chi connectivity index (χ4v) is 2.03. The second-order valence-corrected chi connectivity index (χ2v) is 5.73. The number of nitrogens with zero attached hydrogens (tertiary/aromatic N) is 1. The van der Waals surface area contributed by atoms with Crippen LogP contribution in [0.2, 0.25) is 5.02 Å². The molecule has 0 aliphatic heterocycles. The lowest BCUT2D eigenvalue weighted by Gasteiger charge is -2.09. The van der Waals surface area contributed by atoms with Crippen LogP contribution >= 0.6 is 11.6 Å². The molecule has 2 N–H and O–H groups in total. The first-order valence-corrected chi connectivity index (χ1v) is 8.23. The van der Waals surface area contributed by atoms with Gasteiger partial charge in [0, 0.05) is 29.3 Å². The molecular formula is C17H22ClN3O4. The van der Waals surface area contributed by atoms with Gasteiger partial charge in [0.15, 0.2) is 0 Å². The average Bonchev–Trinajstić information content (AvgIpc) is 2.55. The fraction of sp³-hybridized carbons (Fsp3) is 0.412. The van der Waals surface area contributed by atoms with Crippen molar-refractivity contribution in [3.8, 4) is 0 Å². The fourth-order valence-electron chi connectivity index (χ4n) is 1.86. The van der Waals surface area contributed by atoms with Crippen molar-refractivity contribution >= 4 is 40.8 Å². The van der Waals surface area contributed by atoms with E-state index in [4.69, 9.17) is 16.3 Å². The van der Waals surface area contributed by atoms with Crippen LogP contribution < -0.4 is 10.7 Å². The standard InChI is InChI=1S/C17H22ClN3O4/c1-4-25-17(24)10-11(2)20-21-16(23)9-8-15(22)19-14-7-5-6-13(18)12(14)3/h5-7H,4,8-10H2,1-3H3,(H,19,22)(H,21,23)/b20-11+. The number of halogens is 1. The molecule has 7 nitrogen and oxygen atoms in total. The highest BCUT2D eigenvalue weighted by Gasteiger charge is 2.10. The Hall–Kier alpha value is -2.41. The molecule has 0 saturated carbocycles. The number of carbonyl (C=O) groups excluding carboxylic acids is 3. The molecule has 8 heteroatoms. The zero-order valence-electron chi connectivity index (χ0n) is 14.5. The number of hydrogen-bond donors (Lipinski definition) is 2. The first-order chi connectivity index (χ1) is 11.8. The van der Waals surface area contributed by atoms with Gasteiger partial charge in [0.2, 0.25) is 11.8 Å². The number of carbonyl (C=O) groups is 3. The van der Waals surface area contributed by atoms with E-state index in [9.17, 15) is 14.4 Å². The van der Waals surface area contributed by atoms with E-state index in [1.165, 1.54) is 0 Å². The first-order valence-electron chi connectivity index (χ1n) is 7.86. The van der Waals surface area contributed by atoms with Gasteiger partial charge in [0.05, 0.1) is 13.0 Å². The van der Waals surface area contributed by atoms with Gasteiger partial charge in [-0.25, -0.2) is 5.43 Å². The van der Waals surface area contributed by atoms with Gasteiger partial charge in [0.25, 0.3) is 0 Å². The number of benzene rings is 1. The average molecular weight is 368 g/mol. The summed E-state index contributed by atoms with van der Waals surface area (Å²) in [5, 5.41) is 7.07. The zero-order chi connectivity index (χ0) is 18.8. The molecule has 0 aliphatic rings. The lowest BCUT2D eigenvalue weighted by molar-refractivity contribution is -0.141. The van der Waals surface area contributed by atoms with Gasteiger partial charge < -0.3 is 10.1 Å². The van der Waals surface area contributed by atoms with Crippen molar-refractivity contribution in [1.29, 1.82) is 0 Å². The maximum absolute atomic E-state index is 11.9. The summed E-state index contributed by atoms with van der Waals surface area (Å²) in [6.45, 7) is 5.40. The topological polar surface area (TPSA) is 96.9 Å². The summed E-state index contributed by atoms with van der Waals surface area (Å²) in [5.74, 6) is -1.12. The number of hydrazone groups is 1. The molecule has 0 atom stereocenters. The molecule has 0 saturated heterocycles. The SMILES string of the molecule is CCOC(=O)C/C(C)=N/NC(=O)CCC(=O)Nc1cccc(Cl)c1C. The molecule has 1 aromatic rings. The Kier molecular flexibility index (Phi) is 8.63. The van der Waals surface area contributed by atoms with Crippen molar-refractivity contribution in [2.75, 3.05) is 11.9 Å². The molecule has 0 aromatic heterocycles. The van der Waals surface area contributed by atoms with E-state index in [1.807, 2.05) is 0 Å². The highest BCUT2D eigenvalue weighted by molar-refractivity contribution is 6.31. The van der Waals surface area contributed by atoms with Crippen molar-refractivity contribution in [3.63, 3.8) is 0 Å². The van der Waals surface area contributed by atoms with Crippen molar-refractivity contribution in [2.45, 2.75) is 40.0 Å². The van der Waals surface area contributed by atoms with Crippen molar-refractivity contribution in [2.24, 2.45) is 5.10 Å². The van der Waals surface area contributed by atoms with Crippen molar-refractivity contribution < 1.29 is 19.1 Å². The van der Waals surface area contributed by atoms with Gasteiger partial charge in [-0.15, -0.1) is 0 Å². The maximum atomic E-state index is 11.9. The number of amides is 2. The summed E-state index contributed by atoms with van der Waals surface area (Å²) in [5.41, 5.74) is 4.11. The number of ether oxygens (including phenoxy) is 1. The Morgan fingerprint density at radius 2 is 1.88 bits per heavy atom. The van der Waals surface area contributed by atoms with Gasteiger partial charge in [-0.05, 0) is 38.5 Å². The summed E-state index contributed by atoms with van der Waals surface area (Å²) < 4.78 is 4.78. The third-order valence-electron chi connectivity index (χ3n) is 3.20. The van der Waals surface area contributed by atoms with Gasteiger partial charge in [-0.1, -0.05) is 17.7 Å². The largest absolute Gasteiger partial charge is 0.466 e. The van der Waals surface area contributed by atoms with Crippen LogP contribution in [0.15, 0.2) is 23.3 Å². The first kappa shape index (κ1) is 20.6. The molecule has 0 spiro atoms. The molecule has 25 heavy (non-hydrogen) atoms. The number of hydrogen-bond acceptors (Lipinski definition) is 5. The van der Waals surface area contributed by atoms with E-state index in [0.717, 1.165) is 5.56 Å². The molecule has 2 amide bonds. The number of esters is 1. The van der Waals surface area contributed by atoms with Crippen LogP contribution in [-0.2, 0) is 19.1 Å². The maximum Gasteiger partial charge on any atom is 0.311 e. The molecule has 0 fully saturated rings.